The molecule has 1 aliphatic heterocycles. The quantitative estimate of drug-likeness (QED) is 0.801. The first-order chi connectivity index (χ1) is 8.92. The van der Waals surface area contributed by atoms with E-state index in [0.29, 0.717) is 0 Å². The molecule has 0 bridgehead atoms. The summed E-state index contributed by atoms with van der Waals surface area (Å²) in [7, 11) is 1.79. The summed E-state index contributed by atoms with van der Waals surface area (Å²) in [6.45, 7) is 2.73. The summed E-state index contributed by atoms with van der Waals surface area (Å²) in [4.78, 5) is 26.0. The minimum atomic E-state index is -0.439. The van der Waals surface area contributed by atoms with Crippen molar-refractivity contribution in [1.29, 1.82) is 0 Å². The normalized spacial score (nSPS) is 34.4. The summed E-state index contributed by atoms with van der Waals surface area (Å²) in [5.74, 6) is -0.186. The van der Waals surface area contributed by atoms with Crippen molar-refractivity contribution in [3.63, 3.8) is 0 Å². The molecule has 1 saturated carbocycles. The Bertz CT molecular complexity index is 373. The fourth-order valence-electron chi connectivity index (χ4n) is 3.23. The molecule has 2 amide bonds. The monoisotopic (exact) mass is 303 g/mol. The fraction of sp³-hybridized carbons (Fsp3) is 0.857. The van der Waals surface area contributed by atoms with E-state index in [4.69, 9.17) is 5.73 Å². The second-order valence-corrected chi connectivity index (χ2v) is 6.27. The summed E-state index contributed by atoms with van der Waals surface area (Å²) in [6, 6.07) is -0.357. The summed E-state index contributed by atoms with van der Waals surface area (Å²) >= 11 is 0. The number of rotatable bonds is 2. The molecule has 2 fully saturated rings. The Hall–Kier alpha value is -0.810. The van der Waals surface area contributed by atoms with Crippen molar-refractivity contribution in [3.05, 3.63) is 0 Å². The van der Waals surface area contributed by atoms with Crippen LogP contribution < -0.4 is 11.1 Å². The molecule has 3 unspecified atom stereocenters. The van der Waals surface area contributed by atoms with Gasteiger partial charge in [0.1, 0.15) is 6.04 Å². The summed E-state index contributed by atoms with van der Waals surface area (Å²) in [5.41, 5.74) is 5.80. The molecule has 3 atom stereocenters. The van der Waals surface area contributed by atoms with E-state index in [-0.39, 0.29) is 36.2 Å². The van der Waals surface area contributed by atoms with E-state index in [9.17, 15) is 9.59 Å². The highest BCUT2D eigenvalue weighted by Crippen LogP contribution is 2.31. The van der Waals surface area contributed by atoms with Crippen LogP contribution in [-0.4, -0.2) is 41.9 Å². The predicted octanol–water partition coefficient (Wildman–Crippen LogP) is 1.05. The molecule has 1 aliphatic carbocycles. The minimum absolute atomic E-state index is 0. The molecule has 0 aromatic carbocycles. The van der Waals surface area contributed by atoms with Gasteiger partial charge >= 0.3 is 0 Å². The largest absolute Gasteiger partial charge is 0.344 e. The van der Waals surface area contributed by atoms with Gasteiger partial charge in [0.2, 0.25) is 11.8 Å². The third kappa shape index (κ3) is 3.64. The zero-order chi connectivity index (χ0) is 14.0. The van der Waals surface area contributed by atoms with Crippen LogP contribution in [0.15, 0.2) is 0 Å². The molecule has 5 nitrogen and oxygen atoms in total. The van der Waals surface area contributed by atoms with Crippen molar-refractivity contribution in [2.75, 3.05) is 13.6 Å². The Balaban J connectivity index is 0.00000200. The Morgan fingerprint density at radius 3 is 2.70 bits per heavy atom. The number of nitrogens with two attached hydrogens (primary N) is 1. The van der Waals surface area contributed by atoms with E-state index in [0.717, 1.165) is 45.1 Å². The second-order valence-electron chi connectivity index (χ2n) is 6.27. The van der Waals surface area contributed by atoms with E-state index in [1.54, 1.807) is 11.9 Å². The summed E-state index contributed by atoms with van der Waals surface area (Å²) in [5, 5.41) is 2.91. The van der Waals surface area contributed by atoms with Gasteiger partial charge in [-0.2, -0.15) is 0 Å². The van der Waals surface area contributed by atoms with Gasteiger partial charge in [0, 0.05) is 19.1 Å². The van der Waals surface area contributed by atoms with Gasteiger partial charge in [0.05, 0.1) is 5.92 Å². The van der Waals surface area contributed by atoms with Crippen LogP contribution in [0.4, 0.5) is 0 Å². The van der Waals surface area contributed by atoms with Gasteiger partial charge in [0.25, 0.3) is 0 Å². The number of piperidine rings is 1. The number of carbonyl (C=O) groups is 2. The molecule has 0 radical (unpaired) electrons. The number of hydrogen-bond acceptors (Lipinski definition) is 3. The van der Waals surface area contributed by atoms with Crippen LogP contribution in [0.25, 0.3) is 0 Å². The minimum Gasteiger partial charge on any atom is -0.344 e. The average Bonchev–Trinajstić information content (AvgIpc) is 2.34. The van der Waals surface area contributed by atoms with E-state index >= 15 is 0 Å². The van der Waals surface area contributed by atoms with Gasteiger partial charge < -0.3 is 16.0 Å². The van der Waals surface area contributed by atoms with E-state index in [2.05, 4.69) is 5.32 Å². The smallest absolute Gasteiger partial charge is 0.244 e. The Morgan fingerprint density at radius 1 is 1.35 bits per heavy atom. The summed E-state index contributed by atoms with van der Waals surface area (Å²) < 4.78 is 0. The van der Waals surface area contributed by atoms with Gasteiger partial charge in [-0.25, -0.2) is 0 Å². The first-order valence-electron chi connectivity index (χ1n) is 7.26. The number of nitrogens with zero attached hydrogens (tertiary/aromatic N) is 1. The molecular formula is C14H26ClN3O2. The number of hydrogen-bond donors (Lipinski definition) is 2. The SMILES string of the molecule is CN1CCCC(NC(=O)C2CCCCC2(C)N)C1=O.Cl. The zero-order valence-electron chi connectivity index (χ0n) is 12.4. The van der Waals surface area contributed by atoms with Gasteiger partial charge in [-0.15, -0.1) is 12.4 Å². The van der Waals surface area contributed by atoms with Crippen molar-refractivity contribution < 1.29 is 9.59 Å². The number of likely N-dealkylation sites (N-methyl/N-ethyl adjacent to an activating group) is 1. The Labute approximate surface area is 127 Å². The van der Waals surface area contributed by atoms with Crippen molar-refractivity contribution in [3.8, 4) is 0 Å². The molecule has 2 rings (SSSR count). The molecule has 0 aromatic heterocycles. The summed E-state index contributed by atoms with van der Waals surface area (Å²) in [6.07, 6.45) is 5.52. The highest BCUT2D eigenvalue weighted by molar-refractivity contribution is 5.89. The molecule has 1 saturated heterocycles. The van der Waals surface area contributed by atoms with Crippen LogP contribution in [0.1, 0.15) is 45.4 Å². The average molecular weight is 304 g/mol. The highest BCUT2D eigenvalue weighted by atomic mass is 35.5. The molecule has 0 spiro atoms. The molecule has 3 N–H and O–H groups in total. The van der Waals surface area contributed by atoms with E-state index < -0.39 is 5.54 Å². The molecule has 116 valence electrons. The Kier molecular flexibility index (Phi) is 5.83. The number of carbonyl (C=O) groups excluding carboxylic acids is 2. The molecule has 1 heterocycles. The van der Waals surface area contributed by atoms with Crippen LogP contribution in [0.3, 0.4) is 0 Å². The van der Waals surface area contributed by atoms with Gasteiger partial charge in [-0.3, -0.25) is 9.59 Å². The Morgan fingerprint density at radius 2 is 2.05 bits per heavy atom. The molecule has 2 aliphatic rings. The maximum Gasteiger partial charge on any atom is 0.244 e. The van der Waals surface area contributed by atoms with Crippen LogP contribution >= 0.6 is 12.4 Å². The molecule has 6 heteroatoms. The lowest BCUT2D eigenvalue weighted by Crippen LogP contribution is -2.57. The fourth-order valence-corrected chi connectivity index (χ4v) is 3.23. The lowest BCUT2D eigenvalue weighted by Gasteiger charge is -2.38. The second kappa shape index (κ2) is 6.76. The van der Waals surface area contributed by atoms with Crippen LogP contribution in [0.5, 0.6) is 0 Å². The van der Waals surface area contributed by atoms with E-state index in [1.165, 1.54) is 0 Å². The van der Waals surface area contributed by atoms with Crippen molar-refractivity contribution in [2.24, 2.45) is 11.7 Å². The predicted molar refractivity (Wildman–Crippen MR) is 80.6 cm³/mol. The van der Waals surface area contributed by atoms with Gasteiger partial charge in [-0.1, -0.05) is 12.8 Å². The molecular weight excluding hydrogens is 278 g/mol. The van der Waals surface area contributed by atoms with Crippen LogP contribution in [0.2, 0.25) is 0 Å². The van der Waals surface area contributed by atoms with Crippen molar-refractivity contribution in [1.82, 2.24) is 10.2 Å². The lowest BCUT2D eigenvalue weighted by molar-refractivity contribution is -0.139. The third-order valence-corrected chi connectivity index (χ3v) is 4.55. The van der Waals surface area contributed by atoms with Gasteiger partial charge in [-0.05, 0) is 32.6 Å². The maximum atomic E-state index is 12.4. The van der Waals surface area contributed by atoms with Crippen molar-refractivity contribution >= 4 is 24.2 Å². The number of halogens is 1. The molecule has 0 aromatic rings. The number of amides is 2. The maximum absolute atomic E-state index is 12.4. The third-order valence-electron chi connectivity index (χ3n) is 4.55. The zero-order valence-corrected chi connectivity index (χ0v) is 13.2. The standard InChI is InChI=1S/C14H25N3O2.ClH/c1-14(15)8-4-3-6-10(14)12(18)16-11-7-5-9-17(2)13(11)19;/h10-11H,3-9,15H2,1-2H3,(H,16,18);1H. The lowest BCUT2D eigenvalue weighted by atomic mass is 9.74. The highest BCUT2D eigenvalue weighted by Gasteiger charge is 2.39. The van der Waals surface area contributed by atoms with E-state index in [1.807, 2.05) is 6.92 Å². The first kappa shape index (κ1) is 17.2. The van der Waals surface area contributed by atoms with Crippen LogP contribution in [0, 0.1) is 5.92 Å². The number of likely N-dealkylation sites (tertiary alicyclic amines) is 1. The number of nitrogens with one attached hydrogen (secondary N) is 1. The first-order valence-corrected chi connectivity index (χ1v) is 7.26. The van der Waals surface area contributed by atoms with Crippen molar-refractivity contribution in [2.45, 2.75) is 57.0 Å². The molecule has 20 heavy (non-hydrogen) atoms. The topological polar surface area (TPSA) is 75.4 Å². The van der Waals surface area contributed by atoms with Crippen LogP contribution in [-0.2, 0) is 9.59 Å². The van der Waals surface area contributed by atoms with Gasteiger partial charge in [0.15, 0.2) is 0 Å².